The molecule has 0 aliphatic carbocycles. The van der Waals surface area contributed by atoms with E-state index in [0.29, 0.717) is 15.7 Å². The van der Waals surface area contributed by atoms with Crippen molar-refractivity contribution >= 4 is 34.8 Å². The van der Waals surface area contributed by atoms with Crippen LogP contribution in [0.2, 0.25) is 10.0 Å². The Labute approximate surface area is 123 Å². The summed E-state index contributed by atoms with van der Waals surface area (Å²) in [6.07, 6.45) is 2.60. The van der Waals surface area contributed by atoms with Crippen LogP contribution in [0.3, 0.4) is 0 Å². The molecule has 104 valence electrons. The largest absolute Gasteiger partial charge is 0.322 e. The number of nitrogens with one attached hydrogen (secondary N) is 2. The zero-order chi connectivity index (χ0) is 14.0. The van der Waals surface area contributed by atoms with Crippen LogP contribution < -0.4 is 10.6 Å². The first kappa shape index (κ1) is 14.6. The molecule has 19 heavy (non-hydrogen) atoms. The number of carbonyl (C=O) groups is 1. The molecule has 0 bridgehead atoms. The summed E-state index contributed by atoms with van der Waals surface area (Å²) in [5.74, 6) is -0.0538. The lowest BCUT2D eigenvalue weighted by Gasteiger charge is -2.27. The number of benzene rings is 1. The summed E-state index contributed by atoms with van der Waals surface area (Å²) in [6.45, 7) is 4.77. The third-order valence-electron chi connectivity index (χ3n) is 3.80. The van der Waals surface area contributed by atoms with E-state index in [9.17, 15) is 4.79 Å². The molecular formula is C14H18Cl2N2O. The van der Waals surface area contributed by atoms with Crippen LogP contribution in [0, 0.1) is 6.92 Å². The fourth-order valence-corrected chi connectivity index (χ4v) is 2.93. The Morgan fingerprint density at radius 2 is 2.21 bits per heavy atom. The summed E-state index contributed by atoms with van der Waals surface area (Å²) in [6, 6.07) is 3.59. The van der Waals surface area contributed by atoms with Crippen molar-refractivity contribution in [1.82, 2.24) is 5.32 Å². The summed E-state index contributed by atoms with van der Waals surface area (Å²) in [5.41, 5.74) is 0.914. The van der Waals surface area contributed by atoms with E-state index in [0.717, 1.165) is 31.4 Å². The molecule has 0 radical (unpaired) electrons. The SMILES string of the molecule is CCC1(C(=O)Nc2c(Cl)ccc(C)c2Cl)CCCN1. The maximum atomic E-state index is 12.5. The second-order valence-corrected chi connectivity index (χ2v) is 5.76. The number of aryl methyl sites for hydroxylation is 1. The Balaban J connectivity index is 2.26. The van der Waals surface area contributed by atoms with Gasteiger partial charge in [-0.3, -0.25) is 4.79 Å². The highest BCUT2D eigenvalue weighted by atomic mass is 35.5. The van der Waals surface area contributed by atoms with Crippen LogP contribution in [-0.2, 0) is 4.79 Å². The summed E-state index contributed by atoms with van der Waals surface area (Å²) in [5, 5.41) is 7.15. The minimum Gasteiger partial charge on any atom is -0.322 e. The second kappa shape index (κ2) is 5.70. The molecule has 0 saturated carbocycles. The van der Waals surface area contributed by atoms with Crippen LogP contribution >= 0.6 is 23.2 Å². The van der Waals surface area contributed by atoms with E-state index in [4.69, 9.17) is 23.2 Å². The van der Waals surface area contributed by atoms with Gasteiger partial charge < -0.3 is 10.6 Å². The Hall–Kier alpha value is -0.770. The van der Waals surface area contributed by atoms with Gasteiger partial charge in [-0.05, 0) is 44.4 Å². The van der Waals surface area contributed by atoms with E-state index >= 15 is 0 Å². The van der Waals surface area contributed by atoms with Crippen LogP contribution in [0.5, 0.6) is 0 Å². The van der Waals surface area contributed by atoms with E-state index in [1.54, 1.807) is 6.07 Å². The zero-order valence-corrected chi connectivity index (χ0v) is 12.7. The van der Waals surface area contributed by atoms with Gasteiger partial charge in [-0.2, -0.15) is 0 Å². The van der Waals surface area contributed by atoms with Gasteiger partial charge in [-0.1, -0.05) is 36.2 Å². The first-order valence-corrected chi connectivity index (χ1v) is 7.27. The fourth-order valence-electron chi connectivity index (χ4n) is 2.47. The van der Waals surface area contributed by atoms with Crippen molar-refractivity contribution < 1.29 is 4.79 Å². The number of amides is 1. The molecule has 5 heteroatoms. The lowest BCUT2D eigenvalue weighted by Crippen LogP contribution is -2.50. The van der Waals surface area contributed by atoms with Gasteiger partial charge in [0.05, 0.1) is 21.3 Å². The third kappa shape index (κ3) is 2.73. The first-order valence-electron chi connectivity index (χ1n) is 6.51. The van der Waals surface area contributed by atoms with Gasteiger partial charge in [0.1, 0.15) is 0 Å². The Kier molecular flexibility index (Phi) is 4.39. The third-order valence-corrected chi connectivity index (χ3v) is 4.61. The van der Waals surface area contributed by atoms with E-state index in [-0.39, 0.29) is 5.91 Å². The molecule has 2 rings (SSSR count). The average molecular weight is 301 g/mol. The molecule has 0 spiro atoms. The molecule has 1 heterocycles. The van der Waals surface area contributed by atoms with E-state index in [2.05, 4.69) is 10.6 Å². The van der Waals surface area contributed by atoms with Crippen molar-refractivity contribution in [1.29, 1.82) is 0 Å². The molecule has 1 atom stereocenters. The van der Waals surface area contributed by atoms with Crippen LogP contribution in [0.15, 0.2) is 12.1 Å². The maximum Gasteiger partial charge on any atom is 0.244 e. The van der Waals surface area contributed by atoms with Crippen LogP contribution in [-0.4, -0.2) is 18.0 Å². The number of hydrogen-bond acceptors (Lipinski definition) is 2. The van der Waals surface area contributed by atoms with Crippen molar-refractivity contribution in [3.8, 4) is 0 Å². The van der Waals surface area contributed by atoms with E-state index in [1.807, 2.05) is 19.9 Å². The molecule has 1 unspecified atom stereocenters. The van der Waals surface area contributed by atoms with E-state index < -0.39 is 5.54 Å². The summed E-state index contributed by atoms with van der Waals surface area (Å²) in [4.78, 5) is 12.5. The van der Waals surface area contributed by atoms with Gasteiger partial charge in [0, 0.05) is 0 Å². The zero-order valence-electron chi connectivity index (χ0n) is 11.1. The molecule has 1 aliphatic rings. The molecule has 1 fully saturated rings. The Morgan fingerprint density at radius 3 is 2.79 bits per heavy atom. The van der Waals surface area contributed by atoms with Crippen molar-refractivity contribution in [2.24, 2.45) is 0 Å². The predicted octanol–water partition coefficient (Wildman–Crippen LogP) is 3.77. The minimum absolute atomic E-state index is 0.0538. The monoisotopic (exact) mass is 300 g/mol. The predicted molar refractivity (Wildman–Crippen MR) is 80.1 cm³/mol. The topological polar surface area (TPSA) is 41.1 Å². The lowest BCUT2D eigenvalue weighted by molar-refractivity contribution is -0.122. The summed E-state index contributed by atoms with van der Waals surface area (Å²) < 4.78 is 0. The molecule has 1 aromatic rings. The molecule has 3 nitrogen and oxygen atoms in total. The first-order chi connectivity index (χ1) is 9.00. The van der Waals surface area contributed by atoms with Gasteiger partial charge in [-0.15, -0.1) is 0 Å². The van der Waals surface area contributed by atoms with Crippen molar-refractivity contribution in [2.75, 3.05) is 11.9 Å². The summed E-state index contributed by atoms with van der Waals surface area (Å²) >= 11 is 12.3. The molecule has 2 N–H and O–H groups in total. The molecule has 1 aromatic carbocycles. The number of hydrogen-bond donors (Lipinski definition) is 2. The smallest absolute Gasteiger partial charge is 0.244 e. The van der Waals surface area contributed by atoms with Crippen LogP contribution in [0.1, 0.15) is 31.7 Å². The molecule has 1 aliphatic heterocycles. The van der Waals surface area contributed by atoms with Gasteiger partial charge in [0.25, 0.3) is 0 Å². The van der Waals surface area contributed by atoms with Crippen LogP contribution in [0.25, 0.3) is 0 Å². The van der Waals surface area contributed by atoms with Crippen molar-refractivity contribution in [3.05, 3.63) is 27.7 Å². The number of carbonyl (C=O) groups excluding carboxylic acids is 1. The molecule has 1 amide bonds. The number of rotatable bonds is 3. The number of anilines is 1. The highest BCUT2D eigenvalue weighted by molar-refractivity contribution is 6.40. The fraction of sp³-hybridized carbons (Fsp3) is 0.500. The molecular weight excluding hydrogens is 283 g/mol. The molecule has 0 aromatic heterocycles. The van der Waals surface area contributed by atoms with Gasteiger partial charge in [0.2, 0.25) is 5.91 Å². The van der Waals surface area contributed by atoms with E-state index in [1.165, 1.54) is 0 Å². The standard InChI is InChI=1S/C14H18Cl2N2O/c1-3-14(7-4-8-17-14)13(19)18-12-10(15)6-5-9(2)11(12)16/h5-6,17H,3-4,7-8H2,1-2H3,(H,18,19). The van der Waals surface area contributed by atoms with Gasteiger partial charge in [0.15, 0.2) is 0 Å². The van der Waals surface area contributed by atoms with Crippen LogP contribution in [0.4, 0.5) is 5.69 Å². The lowest BCUT2D eigenvalue weighted by atomic mass is 9.93. The van der Waals surface area contributed by atoms with Crippen molar-refractivity contribution in [2.45, 2.75) is 38.6 Å². The number of halogens is 2. The highest BCUT2D eigenvalue weighted by Crippen LogP contribution is 2.34. The minimum atomic E-state index is -0.490. The maximum absolute atomic E-state index is 12.5. The van der Waals surface area contributed by atoms with Crippen molar-refractivity contribution in [3.63, 3.8) is 0 Å². The second-order valence-electron chi connectivity index (χ2n) is 4.97. The average Bonchev–Trinajstić information content (AvgIpc) is 2.89. The quantitative estimate of drug-likeness (QED) is 0.892. The Morgan fingerprint density at radius 1 is 1.47 bits per heavy atom. The normalized spacial score (nSPS) is 22.5. The van der Waals surface area contributed by atoms with Gasteiger partial charge >= 0.3 is 0 Å². The van der Waals surface area contributed by atoms with Gasteiger partial charge in [-0.25, -0.2) is 0 Å². The molecule has 1 saturated heterocycles. The highest BCUT2D eigenvalue weighted by Gasteiger charge is 2.39. The summed E-state index contributed by atoms with van der Waals surface area (Å²) in [7, 11) is 0. The Bertz CT molecular complexity index is 496.